The van der Waals surface area contributed by atoms with E-state index in [2.05, 4.69) is 15.0 Å². The minimum absolute atomic E-state index is 0.0417. The van der Waals surface area contributed by atoms with E-state index < -0.39 is 10.0 Å². The molecule has 0 saturated carbocycles. The minimum atomic E-state index is -3.67. The highest BCUT2D eigenvalue weighted by atomic mass is 33.1. The smallest absolute Gasteiger partial charge is 0.263 e. The molecule has 2 heterocycles. The Bertz CT molecular complexity index is 833. The van der Waals surface area contributed by atoms with Crippen molar-refractivity contribution in [2.24, 2.45) is 0 Å². The van der Waals surface area contributed by atoms with Gasteiger partial charge in [0.1, 0.15) is 0 Å². The van der Waals surface area contributed by atoms with Crippen molar-refractivity contribution in [1.29, 1.82) is 0 Å². The molecule has 1 aromatic heterocycles. The number of hydrogen-bond donors (Lipinski definition) is 2. The van der Waals surface area contributed by atoms with Gasteiger partial charge in [0.2, 0.25) is 5.91 Å². The van der Waals surface area contributed by atoms with E-state index in [1.54, 1.807) is 17.5 Å². The molecule has 2 N–H and O–H groups in total. The third-order valence-electron chi connectivity index (χ3n) is 4.01. The van der Waals surface area contributed by atoms with E-state index in [-0.39, 0.29) is 10.8 Å². The topological polar surface area (TPSA) is 88.2 Å². The van der Waals surface area contributed by atoms with Crippen LogP contribution in [0.2, 0.25) is 0 Å². The summed E-state index contributed by atoms with van der Waals surface area (Å²) in [6, 6.07) is 6.14. The highest BCUT2D eigenvalue weighted by Gasteiger charge is 2.17. The average molecular weight is 444 g/mol. The second-order valence-electron chi connectivity index (χ2n) is 6.09. The molecule has 3 rings (SSSR count). The van der Waals surface area contributed by atoms with Gasteiger partial charge in [-0.2, -0.15) is 0 Å². The summed E-state index contributed by atoms with van der Waals surface area (Å²) in [5, 5.41) is 5.58. The predicted octanol–water partition coefficient (Wildman–Crippen LogP) is 4.60. The normalized spacial score (nSPS) is 17.0. The first-order chi connectivity index (χ1) is 13.0. The van der Waals surface area contributed by atoms with Gasteiger partial charge in [0.15, 0.2) is 5.13 Å². The van der Waals surface area contributed by atoms with Crippen molar-refractivity contribution in [3.05, 3.63) is 35.8 Å². The number of thiazole rings is 1. The van der Waals surface area contributed by atoms with Gasteiger partial charge in [-0.15, -0.1) is 11.3 Å². The maximum absolute atomic E-state index is 12.3. The highest BCUT2D eigenvalue weighted by molar-refractivity contribution is 8.77. The van der Waals surface area contributed by atoms with Gasteiger partial charge >= 0.3 is 0 Å². The van der Waals surface area contributed by atoms with Crippen LogP contribution in [-0.4, -0.2) is 30.3 Å². The number of nitrogens with one attached hydrogen (secondary N) is 2. The van der Waals surface area contributed by atoms with Gasteiger partial charge in [-0.05, 0) is 43.5 Å². The average Bonchev–Trinajstić information content (AvgIpc) is 3.33. The van der Waals surface area contributed by atoms with Crippen LogP contribution >= 0.6 is 32.9 Å². The number of hydrogen-bond acceptors (Lipinski definition) is 7. The van der Waals surface area contributed by atoms with Crippen molar-refractivity contribution in [3.63, 3.8) is 0 Å². The second-order valence-corrected chi connectivity index (χ2v) is 11.5. The number of carbonyl (C=O) groups excluding carboxylic acids is 1. The fourth-order valence-electron chi connectivity index (χ4n) is 2.61. The van der Waals surface area contributed by atoms with Crippen LogP contribution in [0.25, 0.3) is 0 Å². The Balaban J connectivity index is 1.44. The first-order valence-electron chi connectivity index (χ1n) is 8.63. The molecule has 0 bridgehead atoms. The standard InChI is InChI=1S/C17H21N3O3S4/c21-16(4-2-1-3-14-9-11-25-26-14)19-13-5-7-15(8-6-13)27(22,23)20-17-18-10-12-24-17/h5-8,10,12,14H,1-4,9,11H2,(H,18,20)(H,19,21). The van der Waals surface area contributed by atoms with E-state index >= 15 is 0 Å². The monoisotopic (exact) mass is 443 g/mol. The lowest BCUT2D eigenvalue weighted by molar-refractivity contribution is -0.116. The molecule has 1 fully saturated rings. The molecule has 1 atom stereocenters. The third-order valence-corrected chi connectivity index (χ3v) is 9.19. The number of benzene rings is 1. The van der Waals surface area contributed by atoms with Crippen LogP contribution in [0.3, 0.4) is 0 Å². The summed E-state index contributed by atoms with van der Waals surface area (Å²) >= 11 is 1.21. The van der Waals surface area contributed by atoms with Gasteiger partial charge in [-0.3, -0.25) is 9.52 Å². The zero-order valence-corrected chi connectivity index (χ0v) is 17.9. The summed E-state index contributed by atoms with van der Waals surface area (Å²) in [5.74, 6) is 1.20. The molecule has 27 heavy (non-hydrogen) atoms. The molecule has 0 spiro atoms. The predicted molar refractivity (Wildman–Crippen MR) is 115 cm³/mol. The van der Waals surface area contributed by atoms with Gasteiger partial charge in [-0.1, -0.05) is 28.0 Å². The quantitative estimate of drug-likeness (QED) is 0.435. The summed E-state index contributed by atoms with van der Waals surface area (Å²) in [6.07, 6.45) is 6.39. The first kappa shape index (κ1) is 20.5. The van der Waals surface area contributed by atoms with E-state index in [9.17, 15) is 13.2 Å². The molecule has 1 aromatic carbocycles. The summed E-state index contributed by atoms with van der Waals surface area (Å²) in [4.78, 5) is 16.1. The fraction of sp³-hybridized carbons (Fsp3) is 0.412. The number of nitrogens with zero attached hydrogens (tertiary/aromatic N) is 1. The van der Waals surface area contributed by atoms with Gasteiger partial charge in [0, 0.05) is 34.7 Å². The Morgan fingerprint density at radius 2 is 2.04 bits per heavy atom. The molecule has 1 unspecified atom stereocenters. The number of sulfonamides is 1. The van der Waals surface area contributed by atoms with Crippen molar-refractivity contribution in [2.75, 3.05) is 15.8 Å². The minimum Gasteiger partial charge on any atom is -0.326 e. The maximum Gasteiger partial charge on any atom is 0.263 e. The molecule has 0 aliphatic carbocycles. The molecule has 1 saturated heterocycles. The van der Waals surface area contributed by atoms with Crippen LogP contribution in [-0.2, 0) is 14.8 Å². The number of rotatable bonds is 9. The Morgan fingerprint density at radius 3 is 2.70 bits per heavy atom. The first-order valence-corrected chi connectivity index (χ1v) is 13.4. The summed E-state index contributed by atoms with van der Waals surface area (Å²) in [7, 11) is 0.233. The van der Waals surface area contributed by atoms with Crippen molar-refractivity contribution in [3.8, 4) is 0 Å². The van der Waals surface area contributed by atoms with E-state index in [1.165, 1.54) is 48.3 Å². The second kappa shape index (κ2) is 9.81. The van der Waals surface area contributed by atoms with E-state index in [0.29, 0.717) is 17.2 Å². The van der Waals surface area contributed by atoms with E-state index in [0.717, 1.165) is 18.1 Å². The summed E-state index contributed by atoms with van der Waals surface area (Å²) in [6.45, 7) is 0. The number of anilines is 2. The molecule has 1 aliphatic heterocycles. The largest absolute Gasteiger partial charge is 0.326 e. The number of unbranched alkanes of at least 4 members (excludes halogenated alkanes) is 1. The lowest BCUT2D eigenvalue weighted by atomic mass is 10.1. The highest BCUT2D eigenvalue weighted by Crippen LogP contribution is 2.39. The van der Waals surface area contributed by atoms with Crippen molar-refractivity contribution < 1.29 is 13.2 Å². The Morgan fingerprint density at radius 1 is 1.22 bits per heavy atom. The molecular weight excluding hydrogens is 422 g/mol. The number of carbonyl (C=O) groups is 1. The van der Waals surface area contributed by atoms with Crippen LogP contribution in [0.15, 0.2) is 40.7 Å². The van der Waals surface area contributed by atoms with Gasteiger partial charge in [0.05, 0.1) is 4.90 Å². The van der Waals surface area contributed by atoms with Crippen molar-refractivity contribution >= 4 is 59.7 Å². The van der Waals surface area contributed by atoms with Gasteiger partial charge in [-0.25, -0.2) is 13.4 Å². The third kappa shape index (κ3) is 6.41. The number of amides is 1. The van der Waals surface area contributed by atoms with Gasteiger partial charge in [0.25, 0.3) is 10.0 Å². The lowest BCUT2D eigenvalue weighted by Gasteiger charge is -2.09. The Hall–Kier alpha value is -1.23. The molecule has 1 amide bonds. The zero-order valence-electron chi connectivity index (χ0n) is 14.6. The number of aromatic nitrogens is 1. The SMILES string of the molecule is O=C(CCCCC1CCSS1)Nc1ccc(S(=O)(=O)Nc2nccs2)cc1. The molecule has 0 radical (unpaired) electrons. The zero-order chi connectivity index (χ0) is 19.1. The molecule has 2 aromatic rings. The van der Waals surface area contributed by atoms with Crippen LogP contribution < -0.4 is 10.0 Å². The summed E-state index contributed by atoms with van der Waals surface area (Å²) in [5.41, 5.74) is 0.593. The van der Waals surface area contributed by atoms with Crippen LogP contribution in [0.4, 0.5) is 10.8 Å². The maximum atomic E-state index is 12.3. The van der Waals surface area contributed by atoms with Crippen LogP contribution in [0, 0.1) is 0 Å². The lowest BCUT2D eigenvalue weighted by Crippen LogP contribution is -2.14. The van der Waals surface area contributed by atoms with Crippen LogP contribution in [0.1, 0.15) is 32.1 Å². The van der Waals surface area contributed by atoms with Crippen LogP contribution in [0.5, 0.6) is 0 Å². The van der Waals surface area contributed by atoms with Gasteiger partial charge < -0.3 is 5.32 Å². The summed E-state index contributed by atoms with van der Waals surface area (Å²) < 4.78 is 27.0. The Kier molecular flexibility index (Phi) is 7.45. The molecule has 146 valence electrons. The molecular formula is C17H21N3O3S4. The molecule has 1 aliphatic rings. The molecule has 10 heteroatoms. The molecule has 6 nitrogen and oxygen atoms in total. The van der Waals surface area contributed by atoms with E-state index in [1.807, 2.05) is 21.6 Å². The fourth-order valence-corrected chi connectivity index (χ4v) is 7.43. The van der Waals surface area contributed by atoms with E-state index in [4.69, 9.17) is 0 Å². The van der Waals surface area contributed by atoms with Crippen molar-refractivity contribution in [2.45, 2.75) is 42.2 Å². The van der Waals surface area contributed by atoms with Crippen molar-refractivity contribution in [1.82, 2.24) is 4.98 Å². The Labute approximate surface area is 171 Å².